The summed E-state index contributed by atoms with van der Waals surface area (Å²) in [6.07, 6.45) is 7.30. The molecule has 1 saturated heterocycles. The molecule has 2 fully saturated rings. The fraction of sp³-hybridized carbons (Fsp3) is 0.579. The van der Waals surface area contributed by atoms with Gasteiger partial charge in [0.15, 0.2) is 6.61 Å². The zero-order valence-electron chi connectivity index (χ0n) is 15.0. The van der Waals surface area contributed by atoms with Gasteiger partial charge in [0.05, 0.1) is 0 Å². The summed E-state index contributed by atoms with van der Waals surface area (Å²) >= 11 is 0. The molecule has 1 aromatic heterocycles. The van der Waals surface area contributed by atoms with Crippen LogP contribution in [0.25, 0.3) is 0 Å². The van der Waals surface area contributed by atoms with E-state index < -0.39 is 0 Å². The maximum atomic E-state index is 12.8. The normalized spacial score (nSPS) is 22.7. The quantitative estimate of drug-likeness (QED) is 0.824. The van der Waals surface area contributed by atoms with Gasteiger partial charge >= 0.3 is 0 Å². The highest BCUT2D eigenvalue weighted by Crippen LogP contribution is 2.35. The number of likely N-dealkylation sites (tertiary alicyclic amines) is 1. The van der Waals surface area contributed by atoms with E-state index >= 15 is 0 Å². The van der Waals surface area contributed by atoms with Gasteiger partial charge in [-0.05, 0) is 48.9 Å². The second-order valence-corrected chi connectivity index (χ2v) is 7.18. The average Bonchev–Trinajstić information content (AvgIpc) is 3.14. The molecule has 0 unspecified atom stereocenters. The zero-order valence-corrected chi connectivity index (χ0v) is 15.0. The molecule has 0 spiro atoms. The second-order valence-electron chi connectivity index (χ2n) is 7.18. The Morgan fingerprint density at radius 2 is 1.92 bits per heavy atom. The average molecular weight is 355 g/mol. The highest BCUT2D eigenvalue weighted by atomic mass is 16.5. The molecule has 7 nitrogen and oxygen atoms in total. The second kappa shape index (κ2) is 7.85. The molecule has 2 aromatic rings. The van der Waals surface area contributed by atoms with E-state index in [1.54, 1.807) is 0 Å². The van der Waals surface area contributed by atoms with E-state index in [9.17, 15) is 4.79 Å². The highest BCUT2D eigenvalue weighted by molar-refractivity contribution is 5.76. The van der Waals surface area contributed by atoms with Gasteiger partial charge < -0.3 is 9.64 Å². The van der Waals surface area contributed by atoms with E-state index in [-0.39, 0.29) is 19.1 Å². The van der Waals surface area contributed by atoms with Gasteiger partial charge in [-0.2, -0.15) is 4.80 Å². The molecule has 138 valence electrons. The minimum atomic E-state index is 0.106. The lowest BCUT2D eigenvalue weighted by atomic mass is 9.78. The number of hydrogen-bond acceptors (Lipinski definition) is 5. The first-order chi connectivity index (χ1) is 12.8. The number of rotatable bonds is 5. The Hall–Kier alpha value is -2.44. The van der Waals surface area contributed by atoms with Crippen molar-refractivity contribution in [3.8, 4) is 5.75 Å². The van der Waals surface area contributed by atoms with Crippen LogP contribution in [0.2, 0.25) is 0 Å². The Bertz CT molecular complexity index is 731. The molecule has 1 aliphatic heterocycles. The first-order valence-corrected chi connectivity index (χ1v) is 9.53. The number of tetrazole rings is 1. The lowest BCUT2D eigenvalue weighted by molar-refractivity contribution is -0.138. The predicted molar refractivity (Wildman–Crippen MR) is 95.3 cm³/mol. The number of ether oxygens (including phenoxy) is 1. The van der Waals surface area contributed by atoms with E-state index in [0.717, 1.165) is 25.1 Å². The molecule has 0 radical (unpaired) electrons. The van der Waals surface area contributed by atoms with Crippen LogP contribution in [0.3, 0.4) is 0 Å². The minimum absolute atomic E-state index is 0.106. The number of para-hydroxylation sites is 1. The first kappa shape index (κ1) is 17.0. The number of hydrogen-bond donors (Lipinski definition) is 0. The Morgan fingerprint density at radius 1 is 1.12 bits per heavy atom. The monoisotopic (exact) mass is 355 g/mol. The fourth-order valence-corrected chi connectivity index (χ4v) is 4.21. The minimum Gasteiger partial charge on any atom is -0.485 e. The molecular formula is C19H25N5O2. The third-order valence-corrected chi connectivity index (χ3v) is 5.45. The topological polar surface area (TPSA) is 73.1 Å². The van der Waals surface area contributed by atoms with Gasteiger partial charge in [-0.1, -0.05) is 31.0 Å². The van der Waals surface area contributed by atoms with Gasteiger partial charge in [0.2, 0.25) is 11.7 Å². The van der Waals surface area contributed by atoms with Crippen molar-refractivity contribution in [1.29, 1.82) is 0 Å². The number of fused-ring (bicyclic) bond motifs is 1. The lowest BCUT2D eigenvalue weighted by Gasteiger charge is -2.44. The van der Waals surface area contributed by atoms with E-state index in [1.165, 1.54) is 30.5 Å². The summed E-state index contributed by atoms with van der Waals surface area (Å²) in [7, 11) is 0. The summed E-state index contributed by atoms with van der Waals surface area (Å²) in [4.78, 5) is 16.2. The Labute approximate surface area is 153 Å². The maximum absolute atomic E-state index is 12.8. The van der Waals surface area contributed by atoms with E-state index in [2.05, 4.69) is 20.3 Å². The van der Waals surface area contributed by atoms with Gasteiger partial charge in [-0.3, -0.25) is 4.79 Å². The molecule has 1 amide bonds. The summed E-state index contributed by atoms with van der Waals surface area (Å²) in [5, 5.41) is 12.3. The molecule has 4 rings (SSSR count). The van der Waals surface area contributed by atoms with Crippen LogP contribution in [-0.4, -0.2) is 43.6 Å². The SMILES string of the molecule is O=C(Cn1nnc(COc2ccccc2)n1)N1CCC[C@@H]2CCCC[C@H]21. The van der Waals surface area contributed by atoms with Crippen molar-refractivity contribution in [3.63, 3.8) is 0 Å². The largest absolute Gasteiger partial charge is 0.485 e. The van der Waals surface area contributed by atoms with E-state index in [4.69, 9.17) is 4.74 Å². The summed E-state index contributed by atoms with van der Waals surface area (Å²) in [6, 6.07) is 9.93. The van der Waals surface area contributed by atoms with Crippen LogP contribution < -0.4 is 4.74 Å². The van der Waals surface area contributed by atoms with E-state index in [1.807, 2.05) is 30.3 Å². The third kappa shape index (κ3) is 3.86. The molecule has 1 saturated carbocycles. The van der Waals surface area contributed by atoms with Crippen molar-refractivity contribution < 1.29 is 9.53 Å². The summed E-state index contributed by atoms with van der Waals surface area (Å²) in [5.74, 6) is 2.03. The molecule has 2 heterocycles. The smallest absolute Gasteiger partial charge is 0.246 e. The van der Waals surface area contributed by atoms with Crippen molar-refractivity contribution in [3.05, 3.63) is 36.2 Å². The van der Waals surface area contributed by atoms with E-state index in [0.29, 0.717) is 17.8 Å². The number of carbonyl (C=O) groups excluding carboxylic acids is 1. The zero-order chi connectivity index (χ0) is 17.8. The number of aromatic nitrogens is 4. The Kier molecular flexibility index (Phi) is 5.13. The molecule has 0 bridgehead atoms. The van der Waals surface area contributed by atoms with Crippen LogP contribution in [0.5, 0.6) is 5.75 Å². The van der Waals surface area contributed by atoms with Crippen LogP contribution in [0.1, 0.15) is 44.3 Å². The van der Waals surface area contributed by atoms with Crippen LogP contribution >= 0.6 is 0 Å². The molecule has 7 heteroatoms. The molecule has 2 aliphatic rings. The lowest BCUT2D eigenvalue weighted by Crippen LogP contribution is -2.50. The van der Waals surface area contributed by atoms with Crippen molar-refractivity contribution in [2.75, 3.05) is 6.54 Å². The standard InChI is InChI=1S/C19H25N5O2/c25-19(23-12-6-8-15-7-4-5-11-17(15)23)13-24-21-18(20-22-24)14-26-16-9-2-1-3-10-16/h1-3,9-10,15,17H,4-8,11-14H2/t15-,17+/m0/s1. The summed E-state index contributed by atoms with van der Waals surface area (Å²) in [6.45, 7) is 1.26. The number of carbonyl (C=O) groups is 1. The molecule has 0 N–H and O–H groups in total. The highest BCUT2D eigenvalue weighted by Gasteiger charge is 2.35. The molecule has 2 atom stereocenters. The van der Waals surface area contributed by atoms with Crippen LogP contribution in [0.15, 0.2) is 30.3 Å². The predicted octanol–water partition coefficient (Wildman–Crippen LogP) is 2.43. The van der Waals surface area contributed by atoms with Gasteiger partial charge in [-0.25, -0.2) is 0 Å². The number of nitrogens with zero attached hydrogens (tertiary/aromatic N) is 5. The molecule has 26 heavy (non-hydrogen) atoms. The number of amides is 1. The summed E-state index contributed by atoms with van der Waals surface area (Å²) in [5.41, 5.74) is 0. The molecule has 1 aliphatic carbocycles. The first-order valence-electron chi connectivity index (χ1n) is 9.53. The maximum Gasteiger partial charge on any atom is 0.246 e. The Morgan fingerprint density at radius 3 is 2.81 bits per heavy atom. The van der Waals surface area contributed by atoms with Crippen molar-refractivity contribution in [2.45, 2.75) is 57.7 Å². The van der Waals surface area contributed by atoms with Gasteiger partial charge in [0.1, 0.15) is 12.3 Å². The van der Waals surface area contributed by atoms with Crippen molar-refractivity contribution in [1.82, 2.24) is 25.1 Å². The summed E-state index contributed by atoms with van der Waals surface area (Å²) < 4.78 is 5.62. The molecular weight excluding hydrogens is 330 g/mol. The van der Waals surface area contributed by atoms with Crippen LogP contribution in [0.4, 0.5) is 0 Å². The van der Waals surface area contributed by atoms with Crippen molar-refractivity contribution >= 4 is 5.91 Å². The Balaban J connectivity index is 1.33. The third-order valence-electron chi connectivity index (χ3n) is 5.45. The van der Waals surface area contributed by atoms with Gasteiger partial charge in [0, 0.05) is 12.6 Å². The van der Waals surface area contributed by atoms with Gasteiger partial charge in [0.25, 0.3) is 0 Å². The van der Waals surface area contributed by atoms with Crippen LogP contribution in [0, 0.1) is 5.92 Å². The van der Waals surface area contributed by atoms with Crippen LogP contribution in [-0.2, 0) is 17.9 Å². The van der Waals surface area contributed by atoms with Crippen molar-refractivity contribution in [2.24, 2.45) is 5.92 Å². The molecule has 1 aromatic carbocycles. The fourth-order valence-electron chi connectivity index (χ4n) is 4.21. The number of piperidine rings is 1. The van der Waals surface area contributed by atoms with Gasteiger partial charge in [-0.15, -0.1) is 10.2 Å². The number of benzene rings is 1.